The fraction of sp³-hybridized carbons (Fsp3) is 0.700. The highest BCUT2D eigenvalue weighted by Crippen LogP contribution is 2.16. The van der Waals surface area contributed by atoms with Crippen molar-refractivity contribution in [1.82, 2.24) is 25.6 Å². The Balaban J connectivity index is 0.00000144. The minimum Gasteiger partial charge on any atom is -0.351 e. The van der Waals surface area contributed by atoms with Gasteiger partial charge < -0.3 is 10.6 Å². The van der Waals surface area contributed by atoms with Crippen LogP contribution in [0.1, 0.15) is 31.5 Å². The average Bonchev–Trinajstić information content (AvgIpc) is 2.76. The summed E-state index contributed by atoms with van der Waals surface area (Å²) in [5.41, 5.74) is 0.814. The summed E-state index contributed by atoms with van der Waals surface area (Å²) in [6, 6.07) is 0.444. The van der Waals surface area contributed by atoms with Crippen LogP contribution < -0.4 is 10.6 Å². The Bertz CT molecular complexity index is 365. The number of rotatable bonds is 3. The topological polar surface area (TPSA) is 71.8 Å². The van der Waals surface area contributed by atoms with Crippen LogP contribution in [-0.4, -0.2) is 34.0 Å². The van der Waals surface area contributed by atoms with Gasteiger partial charge in [-0.3, -0.25) is 4.79 Å². The number of amides is 1. The quantitative estimate of drug-likeness (QED) is 0.860. The second kappa shape index (κ2) is 8.29. The SMILES string of the molecule is CC(=O)NCc1cn(C2CCNCC2)nn1.Cl.Cl. The molecule has 8 heteroatoms. The van der Waals surface area contributed by atoms with Gasteiger partial charge in [-0.15, -0.1) is 29.9 Å². The van der Waals surface area contributed by atoms with Gasteiger partial charge in [-0.05, 0) is 25.9 Å². The molecule has 104 valence electrons. The highest BCUT2D eigenvalue weighted by Gasteiger charge is 2.16. The van der Waals surface area contributed by atoms with Gasteiger partial charge in [0.15, 0.2) is 0 Å². The van der Waals surface area contributed by atoms with Crippen LogP contribution in [-0.2, 0) is 11.3 Å². The molecule has 2 N–H and O–H groups in total. The number of carbonyl (C=O) groups is 1. The molecule has 0 aliphatic carbocycles. The smallest absolute Gasteiger partial charge is 0.217 e. The van der Waals surface area contributed by atoms with E-state index in [1.807, 2.05) is 10.9 Å². The molecule has 1 aromatic rings. The lowest BCUT2D eigenvalue weighted by molar-refractivity contribution is -0.119. The number of piperidine rings is 1. The molecule has 1 aromatic heterocycles. The van der Waals surface area contributed by atoms with Crippen LogP contribution in [0.3, 0.4) is 0 Å². The highest BCUT2D eigenvalue weighted by atomic mass is 35.5. The standard InChI is InChI=1S/C10H17N5O.2ClH/c1-8(16)12-6-9-7-15(14-13-9)10-2-4-11-5-3-10;;/h7,10-11H,2-6H2,1H3,(H,12,16);2*1H. The molecule has 0 radical (unpaired) electrons. The van der Waals surface area contributed by atoms with Crippen molar-refractivity contribution in [3.05, 3.63) is 11.9 Å². The first-order valence-electron chi connectivity index (χ1n) is 5.61. The lowest BCUT2D eigenvalue weighted by atomic mass is 10.1. The third-order valence-corrected chi connectivity index (χ3v) is 2.76. The molecule has 0 unspecified atom stereocenters. The first-order valence-corrected chi connectivity index (χ1v) is 5.61. The molecule has 1 aliphatic heterocycles. The summed E-state index contributed by atoms with van der Waals surface area (Å²) in [6.07, 6.45) is 4.10. The van der Waals surface area contributed by atoms with Crippen molar-refractivity contribution in [3.63, 3.8) is 0 Å². The van der Waals surface area contributed by atoms with Crippen molar-refractivity contribution in [1.29, 1.82) is 0 Å². The van der Waals surface area contributed by atoms with E-state index in [0.29, 0.717) is 12.6 Å². The fourth-order valence-corrected chi connectivity index (χ4v) is 1.86. The molecule has 0 saturated carbocycles. The summed E-state index contributed by atoms with van der Waals surface area (Å²) >= 11 is 0. The summed E-state index contributed by atoms with van der Waals surface area (Å²) in [5, 5.41) is 14.2. The average molecular weight is 296 g/mol. The van der Waals surface area contributed by atoms with Crippen LogP contribution in [0.25, 0.3) is 0 Å². The van der Waals surface area contributed by atoms with Gasteiger partial charge in [-0.2, -0.15) is 0 Å². The van der Waals surface area contributed by atoms with Crippen molar-refractivity contribution < 1.29 is 4.79 Å². The minimum absolute atomic E-state index is 0. The molecule has 0 spiro atoms. The summed E-state index contributed by atoms with van der Waals surface area (Å²) in [4.78, 5) is 10.8. The van der Waals surface area contributed by atoms with Crippen LogP contribution in [0.4, 0.5) is 0 Å². The first kappa shape index (κ1) is 17.2. The molecule has 0 atom stereocenters. The summed E-state index contributed by atoms with van der Waals surface area (Å²) in [5.74, 6) is -0.0450. The van der Waals surface area contributed by atoms with Gasteiger partial charge in [0.1, 0.15) is 5.69 Å². The van der Waals surface area contributed by atoms with Crippen LogP contribution in [0.5, 0.6) is 0 Å². The lowest BCUT2D eigenvalue weighted by Gasteiger charge is -2.22. The fourth-order valence-electron chi connectivity index (χ4n) is 1.86. The maximum absolute atomic E-state index is 10.8. The van der Waals surface area contributed by atoms with Crippen molar-refractivity contribution in [3.8, 4) is 0 Å². The molecule has 0 aromatic carbocycles. The van der Waals surface area contributed by atoms with E-state index >= 15 is 0 Å². The Hall–Kier alpha value is -0.850. The normalized spacial score (nSPS) is 15.4. The lowest BCUT2D eigenvalue weighted by Crippen LogP contribution is -2.29. The van der Waals surface area contributed by atoms with E-state index in [1.165, 1.54) is 6.92 Å². The van der Waals surface area contributed by atoms with E-state index in [9.17, 15) is 4.79 Å². The Kier molecular flexibility index (Phi) is 7.90. The predicted octanol–water partition coefficient (Wildman–Crippen LogP) is 0.682. The Labute approximate surface area is 119 Å². The summed E-state index contributed by atoms with van der Waals surface area (Å²) in [7, 11) is 0. The van der Waals surface area contributed by atoms with Gasteiger partial charge in [0.25, 0.3) is 0 Å². The number of hydrogen-bond acceptors (Lipinski definition) is 4. The summed E-state index contributed by atoms with van der Waals surface area (Å²) < 4.78 is 1.91. The van der Waals surface area contributed by atoms with Crippen molar-refractivity contribution >= 4 is 30.7 Å². The summed E-state index contributed by atoms with van der Waals surface area (Å²) in [6.45, 7) is 4.02. The second-order valence-electron chi connectivity index (χ2n) is 4.08. The Morgan fingerprint density at radius 2 is 2.17 bits per heavy atom. The molecule has 2 heterocycles. The minimum atomic E-state index is -0.0450. The molecule has 1 saturated heterocycles. The van der Waals surface area contributed by atoms with Crippen molar-refractivity contribution in [2.24, 2.45) is 0 Å². The first-order chi connectivity index (χ1) is 7.75. The van der Waals surface area contributed by atoms with Gasteiger partial charge in [0.2, 0.25) is 5.91 Å². The number of carbonyl (C=O) groups excluding carboxylic acids is 1. The predicted molar refractivity (Wildman–Crippen MR) is 73.2 cm³/mol. The van der Waals surface area contributed by atoms with Crippen molar-refractivity contribution in [2.75, 3.05) is 13.1 Å². The van der Waals surface area contributed by atoms with Crippen LogP contribution in [0, 0.1) is 0 Å². The molecular weight excluding hydrogens is 277 g/mol. The Morgan fingerprint density at radius 3 is 2.78 bits per heavy atom. The molecule has 1 fully saturated rings. The Morgan fingerprint density at radius 1 is 1.50 bits per heavy atom. The molecule has 6 nitrogen and oxygen atoms in total. The molecule has 18 heavy (non-hydrogen) atoms. The van der Waals surface area contributed by atoms with Gasteiger partial charge in [-0.1, -0.05) is 5.21 Å². The van der Waals surface area contributed by atoms with E-state index in [2.05, 4.69) is 20.9 Å². The van der Waals surface area contributed by atoms with Gasteiger partial charge >= 0.3 is 0 Å². The number of aromatic nitrogens is 3. The van der Waals surface area contributed by atoms with E-state index in [0.717, 1.165) is 31.6 Å². The number of nitrogens with zero attached hydrogens (tertiary/aromatic N) is 3. The van der Waals surface area contributed by atoms with Crippen LogP contribution in [0.2, 0.25) is 0 Å². The maximum atomic E-state index is 10.8. The number of halogens is 2. The van der Waals surface area contributed by atoms with Gasteiger partial charge in [-0.25, -0.2) is 4.68 Å². The molecular formula is C10H19Cl2N5O. The zero-order valence-electron chi connectivity index (χ0n) is 10.3. The van der Waals surface area contributed by atoms with E-state index in [4.69, 9.17) is 0 Å². The second-order valence-corrected chi connectivity index (χ2v) is 4.08. The van der Waals surface area contributed by atoms with Crippen LogP contribution in [0.15, 0.2) is 6.20 Å². The number of hydrogen-bond donors (Lipinski definition) is 2. The third kappa shape index (κ3) is 4.80. The molecule has 0 bridgehead atoms. The van der Waals surface area contributed by atoms with Gasteiger partial charge in [0.05, 0.1) is 18.8 Å². The van der Waals surface area contributed by atoms with E-state index < -0.39 is 0 Å². The third-order valence-electron chi connectivity index (χ3n) is 2.76. The largest absolute Gasteiger partial charge is 0.351 e. The highest BCUT2D eigenvalue weighted by molar-refractivity contribution is 5.85. The van der Waals surface area contributed by atoms with E-state index in [1.54, 1.807) is 0 Å². The van der Waals surface area contributed by atoms with Crippen molar-refractivity contribution in [2.45, 2.75) is 32.4 Å². The number of nitrogens with one attached hydrogen (secondary N) is 2. The molecule has 1 amide bonds. The zero-order chi connectivity index (χ0) is 11.4. The maximum Gasteiger partial charge on any atom is 0.217 e. The monoisotopic (exact) mass is 295 g/mol. The zero-order valence-corrected chi connectivity index (χ0v) is 11.9. The van der Waals surface area contributed by atoms with Gasteiger partial charge in [0, 0.05) is 6.92 Å². The molecule has 1 aliphatic rings. The van der Waals surface area contributed by atoms with E-state index in [-0.39, 0.29) is 30.7 Å². The molecule has 2 rings (SSSR count). The van der Waals surface area contributed by atoms with Crippen LogP contribution >= 0.6 is 24.8 Å².